The van der Waals surface area contributed by atoms with E-state index in [1.165, 1.54) is 12.8 Å². The van der Waals surface area contributed by atoms with Gasteiger partial charge in [-0.05, 0) is 38.4 Å². The first-order valence-corrected chi connectivity index (χ1v) is 7.59. The second-order valence-corrected chi connectivity index (χ2v) is 6.25. The van der Waals surface area contributed by atoms with Gasteiger partial charge in [0.1, 0.15) is 6.04 Å². The van der Waals surface area contributed by atoms with Crippen LogP contribution >= 0.6 is 0 Å². The first-order valence-electron chi connectivity index (χ1n) is 7.59. The summed E-state index contributed by atoms with van der Waals surface area (Å²) >= 11 is 0. The van der Waals surface area contributed by atoms with Crippen LogP contribution in [0.2, 0.25) is 0 Å². The molecule has 0 bridgehead atoms. The molecule has 0 aliphatic heterocycles. The minimum absolute atomic E-state index is 0.125. The summed E-state index contributed by atoms with van der Waals surface area (Å²) in [5.41, 5.74) is 1.05. The number of amides is 1. The summed E-state index contributed by atoms with van der Waals surface area (Å²) in [5, 5.41) is 3.25. The van der Waals surface area contributed by atoms with Gasteiger partial charge in [0.05, 0.1) is 0 Å². The molecule has 1 amide bonds. The van der Waals surface area contributed by atoms with Crippen LogP contribution in [0.25, 0.3) is 0 Å². The highest BCUT2D eigenvalue weighted by Gasteiger charge is 2.26. The number of rotatable bonds is 4. The van der Waals surface area contributed by atoms with Gasteiger partial charge >= 0.3 is 0 Å². The summed E-state index contributed by atoms with van der Waals surface area (Å²) in [6.45, 7) is 2.28. The number of carbonyl (C=O) groups excluding carboxylic acids is 1. The summed E-state index contributed by atoms with van der Waals surface area (Å²) < 4.78 is 0. The van der Waals surface area contributed by atoms with E-state index in [-0.39, 0.29) is 11.9 Å². The summed E-state index contributed by atoms with van der Waals surface area (Å²) in [6, 6.07) is 10.1. The molecule has 1 aliphatic rings. The average Bonchev–Trinajstić information content (AvgIpc) is 2.39. The lowest BCUT2D eigenvalue weighted by molar-refractivity contribution is -0.126. The van der Waals surface area contributed by atoms with E-state index >= 15 is 0 Å². The number of hydrogen-bond donors (Lipinski definition) is 1. The Morgan fingerprint density at radius 2 is 1.95 bits per heavy atom. The van der Waals surface area contributed by atoms with Crippen molar-refractivity contribution in [1.82, 2.24) is 10.2 Å². The lowest BCUT2D eigenvalue weighted by Gasteiger charge is -2.31. The predicted octanol–water partition coefficient (Wildman–Crippen LogP) is 2.98. The van der Waals surface area contributed by atoms with Gasteiger partial charge in [0, 0.05) is 6.04 Å². The van der Waals surface area contributed by atoms with Crippen molar-refractivity contribution in [3.63, 3.8) is 0 Å². The van der Waals surface area contributed by atoms with Crippen molar-refractivity contribution in [2.45, 2.75) is 44.7 Å². The zero-order valence-corrected chi connectivity index (χ0v) is 12.8. The second kappa shape index (κ2) is 6.89. The van der Waals surface area contributed by atoms with E-state index in [0.717, 1.165) is 24.3 Å². The second-order valence-electron chi connectivity index (χ2n) is 6.25. The molecule has 0 unspecified atom stereocenters. The zero-order valence-electron chi connectivity index (χ0n) is 12.8. The maximum atomic E-state index is 12.6. The normalized spacial score (nSPS) is 24.4. The molecule has 1 aromatic carbocycles. The van der Waals surface area contributed by atoms with Gasteiger partial charge in [0.2, 0.25) is 5.91 Å². The molecule has 0 saturated heterocycles. The summed E-state index contributed by atoms with van der Waals surface area (Å²) in [6.07, 6.45) is 4.75. The standard InChI is InChI=1S/C17H26N2O/c1-13-8-7-11-15(12-13)18-17(20)16(19(2)3)14-9-5-4-6-10-14/h4-6,9-10,13,15-16H,7-8,11-12H2,1-3H3,(H,18,20)/t13-,15-,16+/m1/s1. The molecule has 1 N–H and O–H groups in total. The van der Waals surface area contributed by atoms with E-state index in [2.05, 4.69) is 12.2 Å². The maximum absolute atomic E-state index is 12.6. The van der Waals surface area contributed by atoms with Crippen molar-refractivity contribution in [1.29, 1.82) is 0 Å². The van der Waals surface area contributed by atoms with Crippen LogP contribution in [0.3, 0.4) is 0 Å². The van der Waals surface area contributed by atoms with Crippen LogP contribution in [0.5, 0.6) is 0 Å². The highest BCUT2D eigenvalue weighted by molar-refractivity contribution is 5.83. The molecule has 0 radical (unpaired) electrons. The van der Waals surface area contributed by atoms with Crippen LogP contribution in [0.4, 0.5) is 0 Å². The van der Waals surface area contributed by atoms with E-state index < -0.39 is 0 Å². The van der Waals surface area contributed by atoms with E-state index in [1.54, 1.807) is 0 Å². The highest BCUT2D eigenvalue weighted by Crippen LogP contribution is 2.25. The third-order valence-electron chi connectivity index (χ3n) is 4.16. The fourth-order valence-electron chi connectivity index (χ4n) is 3.16. The molecule has 0 aromatic heterocycles. The molecule has 2 rings (SSSR count). The Bertz CT molecular complexity index is 430. The molecule has 3 heteroatoms. The molecule has 3 nitrogen and oxygen atoms in total. The van der Waals surface area contributed by atoms with Gasteiger partial charge in [-0.15, -0.1) is 0 Å². The monoisotopic (exact) mass is 274 g/mol. The zero-order chi connectivity index (χ0) is 14.5. The van der Waals surface area contributed by atoms with Gasteiger partial charge in [-0.25, -0.2) is 0 Å². The van der Waals surface area contributed by atoms with Crippen LogP contribution in [0.15, 0.2) is 30.3 Å². The van der Waals surface area contributed by atoms with Crippen molar-refractivity contribution in [2.24, 2.45) is 5.92 Å². The highest BCUT2D eigenvalue weighted by atomic mass is 16.2. The van der Waals surface area contributed by atoms with Gasteiger partial charge in [0.25, 0.3) is 0 Å². The van der Waals surface area contributed by atoms with Gasteiger partial charge in [-0.1, -0.05) is 50.1 Å². The smallest absolute Gasteiger partial charge is 0.242 e. The SMILES string of the molecule is C[C@@H]1CCC[C@@H](NC(=O)[C@H](c2ccccc2)N(C)C)C1. The van der Waals surface area contributed by atoms with Crippen molar-refractivity contribution in [2.75, 3.05) is 14.1 Å². The molecular formula is C17H26N2O. The third kappa shape index (κ3) is 3.83. The van der Waals surface area contributed by atoms with Crippen molar-refractivity contribution < 1.29 is 4.79 Å². The fourth-order valence-corrected chi connectivity index (χ4v) is 3.16. The molecule has 20 heavy (non-hydrogen) atoms. The number of hydrogen-bond acceptors (Lipinski definition) is 2. The van der Waals surface area contributed by atoms with Crippen LogP contribution in [0.1, 0.15) is 44.2 Å². The quantitative estimate of drug-likeness (QED) is 0.915. The molecule has 110 valence electrons. The predicted molar refractivity (Wildman–Crippen MR) is 82.4 cm³/mol. The largest absolute Gasteiger partial charge is 0.352 e. The first kappa shape index (κ1) is 15.0. The van der Waals surface area contributed by atoms with E-state index in [4.69, 9.17) is 0 Å². The number of likely N-dealkylation sites (N-methyl/N-ethyl adjacent to an activating group) is 1. The van der Waals surface area contributed by atoms with Crippen molar-refractivity contribution >= 4 is 5.91 Å². The summed E-state index contributed by atoms with van der Waals surface area (Å²) in [5.74, 6) is 0.851. The van der Waals surface area contributed by atoms with Crippen LogP contribution in [0, 0.1) is 5.92 Å². The lowest BCUT2D eigenvalue weighted by Crippen LogP contribution is -2.44. The molecule has 0 heterocycles. The Kier molecular flexibility index (Phi) is 5.18. The third-order valence-corrected chi connectivity index (χ3v) is 4.16. The number of nitrogens with zero attached hydrogens (tertiary/aromatic N) is 1. The fraction of sp³-hybridized carbons (Fsp3) is 0.588. The van der Waals surface area contributed by atoms with Crippen molar-refractivity contribution in [3.05, 3.63) is 35.9 Å². The van der Waals surface area contributed by atoms with Gasteiger partial charge in [-0.3, -0.25) is 9.69 Å². The van der Waals surface area contributed by atoms with Crippen molar-refractivity contribution in [3.8, 4) is 0 Å². The molecule has 1 aromatic rings. The molecule has 1 aliphatic carbocycles. The van der Waals surface area contributed by atoms with Gasteiger partial charge < -0.3 is 5.32 Å². The number of benzene rings is 1. The Balaban J connectivity index is 2.04. The number of nitrogens with one attached hydrogen (secondary N) is 1. The molecular weight excluding hydrogens is 248 g/mol. The van der Waals surface area contributed by atoms with E-state index in [1.807, 2.05) is 49.3 Å². The van der Waals surface area contributed by atoms with Gasteiger partial charge in [0.15, 0.2) is 0 Å². The average molecular weight is 274 g/mol. The van der Waals surface area contributed by atoms with Crippen LogP contribution in [-0.2, 0) is 4.79 Å². The molecule has 1 saturated carbocycles. The Labute approximate surface area is 122 Å². The minimum atomic E-state index is -0.201. The van der Waals surface area contributed by atoms with E-state index in [0.29, 0.717) is 6.04 Å². The summed E-state index contributed by atoms with van der Waals surface area (Å²) in [4.78, 5) is 14.6. The lowest BCUT2D eigenvalue weighted by atomic mass is 9.87. The van der Waals surface area contributed by atoms with Crippen LogP contribution in [-0.4, -0.2) is 30.9 Å². The van der Waals surface area contributed by atoms with Gasteiger partial charge in [-0.2, -0.15) is 0 Å². The minimum Gasteiger partial charge on any atom is -0.352 e. The maximum Gasteiger partial charge on any atom is 0.242 e. The summed E-state index contributed by atoms with van der Waals surface area (Å²) in [7, 11) is 3.92. The van der Waals surface area contributed by atoms with E-state index in [9.17, 15) is 4.79 Å². The topological polar surface area (TPSA) is 32.3 Å². The number of carbonyl (C=O) groups is 1. The first-order chi connectivity index (χ1) is 9.58. The Hall–Kier alpha value is -1.35. The molecule has 0 spiro atoms. The molecule has 1 fully saturated rings. The Morgan fingerprint density at radius 3 is 2.55 bits per heavy atom. The Morgan fingerprint density at radius 1 is 1.25 bits per heavy atom. The van der Waals surface area contributed by atoms with Crippen LogP contribution < -0.4 is 5.32 Å². The molecule has 3 atom stereocenters.